The Kier molecular flexibility index (Phi) is 5.75. The maximum absolute atomic E-state index is 12.5. The summed E-state index contributed by atoms with van der Waals surface area (Å²) in [6.45, 7) is 6.26. The second kappa shape index (κ2) is 9.07. The van der Waals surface area contributed by atoms with Crippen LogP contribution in [0, 0.1) is 0 Å². The van der Waals surface area contributed by atoms with E-state index in [-0.39, 0.29) is 35.8 Å². The van der Waals surface area contributed by atoms with Crippen LogP contribution in [0.2, 0.25) is 0 Å². The molecule has 3 saturated heterocycles. The Balaban J connectivity index is 1.44. The molecule has 2 aromatic heterocycles. The number of ether oxygens (including phenoxy) is 3. The van der Waals surface area contributed by atoms with Gasteiger partial charge in [-0.05, 0) is 37.1 Å². The number of hydrogen-bond acceptors (Lipinski definition) is 7. The minimum Gasteiger partial charge on any atom is -0.507 e. The Morgan fingerprint density at radius 1 is 1.11 bits per heavy atom. The highest BCUT2D eigenvalue weighted by Gasteiger charge is 2.43. The molecule has 1 amide bonds. The Hall–Kier alpha value is -3.27. The van der Waals surface area contributed by atoms with Crippen LogP contribution in [0.3, 0.4) is 0 Å². The molecule has 6 rings (SSSR count). The van der Waals surface area contributed by atoms with Crippen molar-refractivity contribution in [1.29, 1.82) is 0 Å². The molecule has 3 aliphatic heterocycles. The van der Waals surface area contributed by atoms with Gasteiger partial charge in [-0.25, -0.2) is 0 Å². The molecule has 0 radical (unpaired) electrons. The molecular weight excluding hydrogens is 448 g/mol. The van der Waals surface area contributed by atoms with E-state index < -0.39 is 0 Å². The highest BCUT2D eigenvalue weighted by molar-refractivity contribution is 5.88. The van der Waals surface area contributed by atoms with E-state index in [1.807, 2.05) is 23.1 Å². The third-order valence-corrected chi connectivity index (χ3v) is 7.30. The zero-order chi connectivity index (χ0) is 23.9. The minimum atomic E-state index is -0.238. The number of nitrogens with zero attached hydrogens (tertiary/aromatic N) is 3. The Morgan fingerprint density at radius 3 is 2.63 bits per heavy atom. The van der Waals surface area contributed by atoms with E-state index in [0.717, 1.165) is 29.5 Å². The summed E-state index contributed by atoms with van der Waals surface area (Å²) in [5.74, 6) is 0.287. The normalized spacial score (nSPS) is 26.6. The van der Waals surface area contributed by atoms with Gasteiger partial charge < -0.3 is 29.2 Å². The molecule has 2 N–H and O–H groups in total. The van der Waals surface area contributed by atoms with Crippen molar-refractivity contribution < 1.29 is 24.1 Å². The number of amides is 1. The first-order chi connectivity index (χ1) is 17.1. The van der Waals surface area contributed by atoms with E-state index in [4.69, 9.17) is 14.2 Å². The van der Waals surface area contributed by atoms with Crippen molar-refractivity contribution in [3.63, 3.8) is 0 Å². The van der Waals surface area contributed by atoms with E-state index >= 15 is 0 Å². The third-order valence-electron chi connectivity index (χ3n) is 7.30. The van der Waals surface area contributed by atoms with Crippen molar-refractivity contribution >= 4 is 16.9 Å². The molecule has 35 heavy (non-hydrogen) atoms. The van der Waals surface area contributed by atoms with E-state index in [1.165, 1.54) is 6.08 Å². The highest BCUT2D eigenvalue weighted by atomic mass is 16.6. The first-order valence-corrected chi connectivity index (χ1v) is 12.0. The fourth-order valence-corrected chi connectivity index (χ4v) is 5.79. The molecule has 2 unspecified atom stereocenters. The molecule has 182 valence electrons. The van der Waals surface area contributed by atoms with Crippen molar-refractivity contribution in [2.45, 2.75) is 36.9 Å². The molecule has 9 heteroatoms. The van der Waals surface area contributed by atoms with Crippen LogP contribution in [0.4, 0.5) is 0 Å². The summed E-state index contributed by atoms with van der Waals surface area (Å²) in [5.41, 5.74) is 3.98. The Bertz CT molecular complexity index is 1250. The van der Waals surface area contributed by atoms with Crippen LogP contribution in [0.5, 0.6) is 5.75 Å². The molecule has 3 fully saturated rings. The second-order valence-electron chi connectivity index (χ2n) is 9.36. The number of rotatable bonds is 4. The van der Waals surface area contributed by atoms with E-state index in [9.17, 15) is 9.90 Å². The number of para-hydroxylation sites is 1. The van der Waals surface area contributed by atoms with E-state index in [1.54, 1.807) is 12.1 Å². The van der Waals surface area contributed by atoms with Gasteiger partial charge in [-0.1, -0.05) is 18.7 Å². The molecular formula is C26H28N4O5. The quantitative estimate of drug-likeness (QED) is 0.557. The lowest BCUT2D eigenvalue weighted by molar-refractivity contribution is -0.146. The zero-order valence-electron chi connectivity index (χ0n) is 19.4. The first kappa shape index (κ1) is 22.2. The van der Waals surface area contributed by atoms with Crippen LogP contribution < -0.4 is 0 Å². The van der Waals surface area contributed by atoms with Crippen LogP contribution >= 0.6 is 0 Å². The molecule has 0 saturated carbocycles. The van der Waals surface area contributed by atoms with Gasteiger partial charge in [0.1, 0.15) is 11.9 Å². The summed E-state index contributed by atoms with van der Waals surface area (Å²) >= 11 is 0. The van der Waals surface area contributed by atoms with Crippen molar-refractivity contribution in [2.24, 2.45) is 0 Å². The number of phenolic OH excluding ortho intramolecular Hbond substituents is 1. The monoisotopic (exact) mass is 476 g/mol. The molecule has 3 aromatic rings. The molecule has 0 aliphatic carbocycles. The average Bonchev–Trinajstić information content (AvgIpc) is 3.27. The number of fused-ring (bicyclic) bond motifs is 3. The number of benzene rings is 1. The van der Waals surface area contributed by atoms with Gasteiger partial charge in [-0.2, -0.15) is 0 Å². The molecule has 3 aliphatic rings. The maximum atomic E-state index is 12.5. The van der Waals surface area contributed by atoms with Crippen molar-refractivity contribution in [3.8, 4) is 17.0 Å². The van der Waals surface area contributed by atoms with Crippen LogP contribution in [-0.2, 0) is 19.0 Å². The molecule has 2 bridgehead atoms. The average molecular weight is 477 g/mol. The van der Waals surface area contributed by atoms with Gasteiger partial charge in [0, 0.05) is 28.1 Å². The fourth-order valence-electron chi connectivity index (χ4n) is 5.79. The number of H-pyrrole nitrogens is 1. The molecule has 9 nitrogen and oxygen atoms in total. The molecule has 3 atom stereocenters. The largest absolute Gasteiger partial charge is 0.507 e. The molecule has 1 aromatic carbocycles. The summed E-state index contributed by atoms with van der Waals surface area (Å²) in [5, 5.41) is 20.2. The van der Waals surface area contributed by atoms with Crippen molar-refractivity contribution in [1.82, 2.24) is 20.1 Å². The first-order valence-electron chi connectivity index (χ1n) is 12.0. The number of morpholine rings is 1. The standard InChI is InChI=1S/C26H28N4O5/c1-2-23(32)30-16-9-15(10-17(30)13-34-12-16)25-24(22-14-33-7-8-35-22)19-11-20(28-29-26(19)27-25)18-5-3-4-6-21(18)31/h2-6,11,15-17,22,31H,1,7-10,12-14H2,(H,27,29)/t15?,16?,17?,22-/m0/s1. The van der Waals surface area contributed by atoms with E-state index in [2.05, 4.69) is 21.8 Å². The van der Waals surface area contributed by atoms with Gasteiger partial charge in [-0.15, -0.1) is 10.2 Å². The van der Waals surface area contributed by atoms with Crippen LogP contribution in [0.15, 0.2) is 43.0 Å². The van der Waals surface area contributed by atoms with Gasteiger partial charge in [0.05, 0.1) is 50.8 Å². The minimum absolute atomic E-state index is 0.0105. The molecule has 0 spiro atoms. The fraction of sp³-hybridized carbons (Fsp3) is 0.423. The van der Waals surface area contributed by atoms with Crippen molar-refractivity contribution in [3.05, 3.63) is 54.2 Å². The zero-order valence-corrected chi connectivity index (χ0v) is 19.4. The van der Waals surface area contributed by atoms with E-state index in [0.29, 0.717) is 49.9 Å². The lowest BCUT2D eigenvalue weighted by Gasteiger charge is -2.48. The van der Waals surface area contributed by atoms with Gasteiger partial charge in [0.15, 0.2) is 5.65 Å². The Morgan fingerprint density at radius 2 is 1.91 bits per heavy atom. The number of carbonyl (C=O) groups is 1. The predicted octanol–water partition coefficient (Wildman–Crippen LogP) is 3.08. The third kappa shape index (κ3) is 3.89. The summed E-state index contributed by atoms with van der Waals surface area (Å²) < 4.78 is 17.7. The van der Waals surface area contributed by atoms with Gasteiger partial charge >= 0.3 is 0 Å². The lowest BCUT2D eigenvalue weighted by atomic mass is 9.81. The maximum Gasteiger partial charge on any atom is 0.246 e. The summed E-state index contributed by atoms with van der Waals surface area (Å²) in [6, 6.07) is 9.05. The smallest absolute Gasteiger partial charge is 0.246 e. The number of aromatic hydroxyl groups is 1. The number of nitrogens with one attached hydrogen (secondary N) is 1. The topological polar surface area (TPSA) is 110 Å². The summed E-state index contributed by atoms with van der Waals surface area (Å²) in [7, 11) is 0. The Labute approximate surface area is 202 Å². The van der Waals surface area contributed by atoms with Gasteiger partial charge in [0.2, 0.25) is 5.91 Å². The lowest BCUT2D eigenvalue weighted by Crippen LogP contribution is -2.58. The summed E-state index contributed by atoms with van der Waals surface area (Å²) in [6.07, 6.45) is 2.69. The van der Waals surface area contributed by atoms with Crippen LogP contribution in [0.1, 0.15) is 36.1 Å². The number of phenols is 1. The predicted molar refractivity (Wildman–Crippen MR) is 128 cm³/mol. The SMILES string of the molecule is C=CC(=O)N1C2COCC1CC(c1[nH]c3nnc(-c4ccccc4O)cc3c1[C@@H]1COCCO1)C2. The highest BCUT2D eigenvalue weighted by Crippen LogP contribution is 2.43. The number of carbonyl (C=O) groups excluding carboxylic acids is 1. The summed E-state index contributed by atoms with van der Waals surface area (Å²) in [4.78, 5) is 18.0. The van der Waals surface area contributed by atoms with Gasteiger partial charge in [-0.3, -0.25) is 4.79 Å². The number of piperidine rings is 1. The number of aromatic amines is 1. The number of aromatic nitrogens is 3. The number of hydrogen-bond donors (Lipinski definition) is 2. The second-order valence-corrected chi connectivity index (χ2v) is 9.36. The van der Waals surface area contributed by atoms with Gasteiger partial charge in [0.25, 0.3) is 0 Å². The van der Waals surface area contributed by atoms with Crippen molar-refractivity contribution in [2.75, 3.05) is 33.0 Å². The van der Waals surface area contributed by atoms with Crippen LogP contribution in [0.25, 0.3) is 22.3 Å². The van der Waals surface area contributed by atoms with Crippen LogP contribution in [-0.4, -0.2) is 76.2 Å². The molecule has 5 heterocycles.